The van der Waals surface area contributed by atoms with Gasteiger partial charge in [0.25, 0.3) is 0 Å². The van der Waals surface area contributed by atoms with Crippen LogP contribution >= 0.6 is 0 Å². The lowest BCUT2D eigenvalue weighted by Gasteiger charge is -2.22. The Morgan fingerprint density at radius 2 is 1.68 bits per heavy atom. The molecule has 0 saturated carbocycles. The van der Waals surface area contributed by atoms with E-state index in [0.717, 1.165) is 5.56 Å². The van der Waals surface area contributed by atoms with E-state index < -0.39 is 43.3 Å². The molecule has 25 heavy (non-hydrogen) atoms. The van der Waals surface area contributed by atoms with Gasteiger partial charge < -0.3 is 20.8 Å². The van der Waals surface area contributed by atoms with E-state index in [0.29, 0.717) is 6.42 Å². The number of amides is 2. The number of carboxylic acids is 1. The highest BCUT2D eigenvalue weighted by Gasteiger charge is 2.32. The minimum Gasteiger partial charge on any atom is -0.481 e. The standard InChI is InChI=1S/C16H21F3N2O4/c17-16(18,19)9-13(10-22)21-15(25)20-12(6-7-14(23)24)8-11-4-2-1-3-5-11/h1-5,12-13,22H,6-10H2,(H,23,24)(H2,20,21,25). The minimum atomic E-state index is -4.52. The Bertz CT molecular complexity index is 552. The van der Waals surface area contributed by atoms with Crippen LogP contribution in [0.5, 0.6) is 0 Å². The molecule has 6 nitrogen and oxygen atoms in total. The van der Waals surface area contributed by atoms with Gasteiger partial charge in [-0.25, -0.2) is 4.79 Å². The number of carbonyl (C=O) groups excluding carboxylic acids is 1. The Labute approximate surface area is 143 Å². The summed E-state index contributed by atoms with van der Waals surface area (Å²) in [7, 11) is 0. The Hall–Kier alpha value is -2.29. The van der Waals surface area contributed by atoms with Crippen molar-refractivity contribution in [1.82, 2.24) is 10.6 Å². The number of aliphatic carboxylic acids is 1. The molecule has 1 aromatic rings. The number of hydrogen-bond acceptors (Lipinski definition) is 3. The fraction of sp³-hybridized carbons (Fsp3) is 0.500. The number of nitrogens with one attached hydrogen (secondary N) is 2. The maximum atomic E-state index is 12.4. The van der Waals surface area contributed by atoms with Crippen molar-refractivity contribution < 1.29 is 33.0 Å². The molecule has 0 heterocycles. The second kappa shape index (κ2) is 9.87. The van der Waals surface area contributed by atoms with Crippen LogP contribution in [0.1, 0.15) is 24.8 Å². The van der Waals surface area contributed by atoms with Gasteiger partial charge in [0.2, 0.25) is 0 Å². The van der Waals surface area contributed by atoms with Crippen molar-refractivity contribution in [1.29, 1.82) is 0 Å². The van der Waals surface area contributed by atoms with E-state index in [9.17, 15) is 22.8 Å². The second-order valence-corrected chi connectivity index (χ2v) is 5.64. The van der Waals surface area contributed by atoms with Crippen LogP contribution in [0.2, 0.25) is 0 Å². The zero-order chi connectivity index (χ0) is 18.9. The van der Waals surface area contributed by atoms with E-state index in [1.807, 2.05) is 0 Å². The van der Waals surface area contributed by atoms with Crippen LogP contribution in [0.15, 0.2) is 30.3 Å². The zero-order valence-electron chi connectivity index (χ0n) is 13.4. The molecular formula is C16H21F3N2O4. The van der Waals surface area contributed by atoms with Crippen LogP contribution in [-0.4, -0.2) is 47.1 Å². The smallest absolute Gasteiger partial charge is 0.391 e. The molecule has 140 valence electrons. The number of rotatable bonds is 9. The van der Waals surface area contributed by atoms with E-state index in [2.05, 4.69) is 10.6 Å². The summed E-state index contributed by atoms with van der Waals surface area (Å²) >= 11 is 0. The lowest BCUT2D eigenvalue weighted by atomic mass is 10.0. The van der Waals surface area contributed by atoms with Gasteiger partial charge in [0, 0.05) is 12.5 Å². The summed E-state index contributed by atoms with van der Waals surface area (Å²) in [6.45, 7) is -0.856. The number of benzene rings is 1. The summed E-state index contributed by atoms with van der Waals surface area (Å²) in [4.78, 5) is 22.6. The van der Waals surface area contributed by atoms with Crippen LogP contribution in [0.25, 0.3) is 0 Å². The first-order chi connectivity index (χ1) is 11.7. The molecule has 0 aliphatic rings. The largest absolute Gasteiger partial charge is 0.481 e. The van der Waals surface area contributed by atoms with Crippen LogP contribution in [0, 0.1) is 0 Å². The monoisotopic (exact) mass is 362 g/mol. The number of aliphatic hydroxyl groups is 1. The molecule has 2 amide bonds. The van der Waals surface area contributed by atoms with Crippen molar-refractivity contribution >= 4 is 12.0 Å². The number of carbonyl (C=O) groups is 2. The van der Waals surface area contributed by atoms with Crippen LogP contribution in [-0.2, 0) is 11.2 Å². The van der Waals surface area contributed by atoms with E-state index >= 15 is 0 Å². The molecular weight excluding hydrogens is 341 g/mol. The predicted octanol–water partition coefficient (Wildman–Crippen LogP) is 2.07. The quantitative estimate of drug-likeness (QED) is 0.540. The first-order valence-electron chi connectivity index (χ1n) is 7.70. The number of hydrogen-bond donors (Lipinski definition) is 4. The van der Waals surface area contributed by atoms with Gasteiger partial charge >= 0.3 is 18.2 Å². The lowest BCUT2D eigenvalue weighted by molar-refractivity contribution is -0.141. The topological polar surface area (TPSA) is 98.7 Å². The predicted molar refractivity (Wildman–Crippen MR) is 84.0 cm³/mol. The third-order valence-corrected chi connectivity index (χ3v) is 3.40. The Balaban J connectivity index is 2.65. The molecule has 2 unspecified atom stereocenters. The lowest BCUT2D eigenvalue weighted by Crippen LogP contribution is -2.49. The molecule has 0 aromatic heterocycles. The van der Waals surface area contributed by atoms with E-state index in [4.69, 9.17) is 10.2 Å². The number of aliphatic hydroxyl groups excluding tert-OH is 1. The summed E-state index contributed by atoms with van der Waals surface area (Å²) < 4.78 is 37.1. The third-order valence-electron chi connectivity index (χ3n) is 3.40. The van der Waals surface area contributed by atoms with Gasteiger partial charge in [-0.1, -0.05) is 30.3 Å². The highest BCUT2D eigenvalue weighted by Crippen LogP contribution is 2.21. The molecule has 1 rings (SSSR count). The normalized spacial score (nSPS) is 13.8. The van der Waals surface area contributed by atoms with Crippen molar-refractivity contribution in [3.05, 3.63) is 35.9 Å². The van der Waals surface area contributed by atoms with Gasteiger partial charge in [-0.15, -0.1) is 0 Å². The number of alkyl halides is 3. The van der Waals surface area contributed by atoms with Crippen molar-refractivity contribution in [2.45, 2.75) is 43.9 Å². The number of carboxylic acid groups (broad SMARTS) is 1. The summed E-state index contributed by atoms with van der Waals surface area (Å²) in [5.74, 6) is -1.04. The third kappa shape index (κ3) is 9.55. The van der Waals surface area contributed by atoms with Crippen LogP contribution in [0.3, 0.4) is 0 Å². The summed E-state index contributed by atoms with van der Waals surface area (Å²) in [5.41, 5.74) is 0.854. The average molecular weight is 362 g/mol. The van der Waals surface area contributed by atoms with Gasteiger partial charge in [-0.2, -0.15) is 13.2 Å². The average Bonchev–Trinajstić information content (AvgIpc) is 2.51. The minimum absolute atomic E-state index is 0.126. The van der Waals surface area contributed by atoms with E-state index in [1.54, 1.807) is 30.3 Å². The first-order valence-corrected chi connectivity index (χ1v) is 7.70. The Kier molecular flexibility index (Phi) is 8.20. The molecule has 0 spiro atoms. The van der Waals surface area contributed by atoms with Crippen LogP contribution < -0.4 is 10.6 Å². The van der Waals surface area contributed by atoms with Crippen LogP contribution in [0.4, 0.5) is 18.0 Å². The number of halogens is 3. The molecule has 9 heteroatoms. The maximum Gasteiger partial charge on any atom is 0.391 e. The SMILES string of the molecule is O=C(O)CCC(Cc1ccccc1)NC(=O)NC(CO)CC(F)(F)F. The van der Waals surface area contributed by atoms with E-state index in [1.165, 1.54) is 0 Å². The second-order valence-electron chi connectivity index (χ2n) is 5.64. The van der Waals surface area contributed by atoms with Crippen molar-refractivity contribution in [3.63, 3.8) is 0 Å². The Morgan fingerprint density at radius 1 is 1.08 bits per heavy atom. The van der Waals surface area contributed by atoms with Gasteiger partial charge in [0.15, 0.2) is 0 Å². The van der Waals surface area contributed by atoms with E-state index in [-0.39, 0.29) is 12.8 Å². The van der Waals surface area contributed by atoms with Gasteiger partial charge in [0.1, 0.15) is 0 Å². The molecule has 1 aromatic carbocycles. The molecule has 0 radical (unpaired) electrons. The molecule has 0 aliphatic carbocycles. The Morgan fingerprint density at radius 3 is 2.20 bits per heavy atom. The molecule has 0 fully saturated rings. The summed E-state index contributed by atoms with van der Waals surface area (Å²) in [6, 6.07) is 6.07. The van der Waals surface area contributed by atoms with Gasteiger partial charge in [-0.05, 0) is 18.4 Å². The summed E-state index contributed by atoms with van der Waals surface area (Å²) in [5, 5.41) is 22.3. The zero-order valence-corrected chi connectivity index (χ0v) is 13.4. The highest BCUT2D eigenvalue weighted by molar-refractivity contribution is 5.74. The fourth-order valence-electron chi connectivity index (χ4n) is 2.27. The first kappa shape index (κ1) is 20.8. The van der Waals surface area contributed by atoms with Crippen molar-refractivity contribution in [2.24, 2.45) is 0 Å². The molecule has 0 aliphatic heterocycles. The van der Waals surface area contributed by atoms with Crippen molar-refractivity contribution in [3.8, 4) is 0 Å². The number of urea groups is 1. The molecule has 4 N–H and O–H groups in total. The van der Waals surface area contributed by atoms with Gasteiger partial charge in [-0.3, -0.25) is 4.79 Å². The van der Waals surface area contributed by atoms with Gasteiger partial charge in [0.05, 0.1) is 19.1 Å². The van der Waals surface area contributed by atoms with Crippen molar-refractivity contribution in [2.75, 3.05) is 6.61 Å². The molecule has 0 bridgehead atoms. The fourth-order valence-corrected chi connectivity index (χ4v) is 2.27. The maximum absolute atomic E-state index is 12.4. The highest BCUT2D eigenvalue weighted by atomic mass is 19.4. The summed E-state index contributed by atoms with van der Waals surface area (Å²) in [6.07, 6.45) is -5.60. The molecule has 0 saturated heterocycles. The molecule has 2 atom stereocenters.